The predicted octanol–water partition coefficient (Wildman–Crippen LogP) is 5.92. The minimum Gasteiger partial charge on any atom is -0.504 e. The SMILES string of the molecule is CCC(=O)c1cnc2ccc(-c3cc(F)c(O)c(Cl)c3)cc2c1NC1CCC(CN)CC1. The van der Waals surface area contributed by atoms with E-state index in [1.165, 1.54) is 12.1 Å². The van der Waals surface area contributed by atoms with E-state index in [4.69, 9.17) is 17.3 Å². The maximum Gasteiger partial charge on any atom is 0.170 e. The molecule has 0 amide bonds. The number of carbonyl (C=O) groups is 1. The van der Waals surface area contributed by atoms with Crippen LogP contribution in [0.1, 0.15) is 49.4 Å². The van der Waals surface area contributed by atoms with E-state index in [-0.39, 0.29) is 16.8 Å². The van der Waals surface area contributed by atoms with Gasteiger partial charge in [0.25, 0.3) is 0 Å². The lowest BCUT2D eigenvalue weighted by molar-refractivity contribution is 0.0988. The Morgan fingerprint density at radius 3 is 2.62 bits per heavy atom. The molecule has 0 aliphatic heterocycles. The first-order chi connectivity index (χ1) is 15.4. The van der Waals surface area contributed by atoms with Crippen molar-refractivity contribution in [1.29, 1.82) is 0 Å². The molecule has 0 radical (unpaired) electrons. The highest BCUT2D eigenvalue weighted by Crippen LogP contribution is 2.36. The third kappa shape index (κ3) is 4.43. The molecule has 5 nitrogen and oxygen atoms in total. The van der Waals surface area contributed by atoms with Gasteiger partial charge in [-0.25, -0.2) is 4.39 Å². The number of ketones is 1. The van der Waals surface area contributed by atoms with Crippen molar-refractivity contribution in [2.24, 2.45) is 11.7 Å². The fourth-order valence-electron chi connectivity index (χ4n) is 4.41. The Kier molecular flexibility index (Phi) is 6.63. The summed E-state index contributed by atoms with van der Waals surface area (Å²) in [7, 11) is 0. The summed E-state index contributed by atoms with van der Waals surface area (Å²) in [6.45, 7) is 2.54. The minimum atomic E-state index is -0.782. The lowest BCUT2D eigenvalue weighted by Crippen LogP contribution is -2.29. The first-order valence-corrected chi connectivity index (χ1v) is 11.4. The Bertz CT molecular complexity index is 1140. The second-order valence-electron chi connectivity index (χ2n) is 8.44. The number of nitrogens with zero attached hydrogens (tertiary/aromatic N) is 1. The van der Waals surface area contributed by atoms with Gasteiger partial charge in [0.15, 0.2) is 17.3 Å². The minimum absolute atomic E-state index is 0.0154. The molecular formula is C25H27ClFN3O2. The van der Waals surface area contributed by atoms with Crippen molar-refractivity contribution in [3.05, 3.63) is 52.9 Å². The number of benzene rings is 2. The van der Waals surface area contributed by atoms with E-state index >= 15 is 0 Å². The topological polar surface area (TPSA) is 88.2 Å². The summed E-state index contributed by atoms with van der Waals surface area (Å²) in [5.41, 5.74) is 9.16. The molecule has 1 aliphatic rings. The molecule has 7 heteroatoms. The lowest BCUT2D eigenvalue weighted by Gasteiger charge is -2.30. The lowest BCUT2D eigenvalue weighted by atomic mass is 9.86. The average Bonchev–Trinajstić information content (AvgIpc) is 2.82. The average molecular weight is 456 g/mol. The molecule has 168 valence electrons. The molecule has 0 saturated heterocycles. The number of hydrogen-bond donors (Lipinski definition) is 3. The van der Waals surface area contributed by atoms with Crippen molar-refractivity contribution in [3.63, 3.8) is 0 Å². The van der Waals surface area contributed by atoms with Gasteiger partial charge in [0.1, 0.15) is 0 Å². The van der Waals surface area contributed by atoms with Crippen molar-refractivity contribution in [1.82, 2.24) is 4.98 Å². The number of rotatable bonds is 6. The van der Waals surface area contributed by atoms with Crippen LogP contribution in [0.5, 0.6) is 5.75 Å². The molecule has 1 heterocycles. The van der Waals surface area contributed by atoms with E-state index in [0.717, 1.165) is 47.8 Å². The van der Waals surface area contributed by atoms with Crippen molar-refractivity contribution < 1.29 is 14.3 Å². The fourth-order valence-corrected chi connectivity index (χ4v) is 4.62. The summed E-state index contributed by atoms with van der Waals surface area (Å²) in [6, 6.07) is 8.59. The third-order valence-corrected chi connectivity index (χ3v) is 6.66. The van der Waals surface area contributed by atoms with Crippen LogP contribution in [0.3, 0.4) is 0 Å². The largest absolute Gasteiger partial charge is 0.504 e. The summed E-state index contributed by atoms with van der Waals surface area (Å²) < 4.78 is 14.1. The highest BCUT2D eigenvalue weighted by Gasteiger charge is 2.23. The Morgan fingerprint density at radius 2 is 1.97 bits per heavy atom. The molecule has 0 spiro atoms. The van der Waals surface area contributed by atoms with Gasteiger partial charge in [-0.3, -0.25) is 9.78 Å². The van der Waals surface area contributed by atoms with E-state index in [1.54, 1.807) is 6.20 Å². The molecule has 4 N–H and O–H groups in total. The number of aromatic hydroxyl groups is 1. The van der Waals surface area contributed by atoms with Crippen molar-refractivity contribution in [2.75, 3.05) is 11.9 Å². The molecule has 1 fully saturated rings. The van der Waals surface area contributed by atoms with Gasteiger partial charge in [0.05, 0.1) is 21.8 Å². The number of hydrogen-bond acceptors (Lipinski definition) is 5. The predicted molar refractivity (Wildman–Crippen MR) is 127 cm³/mol. The first kappa shape index (κ1) is 22.5. The van der Waals surface area contributed by atoms with Gasteiger partial charge in [-0.1, -0.05) is 24.6 Å². The molecular weight excluding hydrogens is 429 g/mol. The molecule has 1 aromatic heterocycles. The Labute approximate surface area is 191 Å². The number of phenols is 1. The van der Waals surface area contributed by atoms with Crippen LogP contribution in [0.4, 0.5) is 10.1 Å². The molecule has 1 saturated carbocycles. The van der Waals surface area contributed by atoms with Gasteiger partial charge >= 0.3 is 0 Å². The second kappa shape index (κ2) is 9.43. The summed E-state index contributed by atoms with van der Waals surface area (Å²) in [6.07, 6.45) is 6.11. The smallest absolute Gasteiger partial charge is 0.170 e. The zero-order valence-corrected chi connectivity index (χ0v) is 18.8. The summed E-state index contributed by atoms with van der Waals surface area (Å²) >= 11 is 5.99. The van der Waals surface area contributed by atoms with Crippen molar-refractivity contribution in [2.45, 2.75) is 45.1 Å². The molecule has 0 atom stereocenters. The van der Waals surface area contributed by atoms with Gasteiger partial charge < -0.3 is 16.2 Å². The molecule has 0 bridgehead atoms. The first-order valence-electron chi connectivity index (χ1n) is 11.0. The Balaban J connectivity index is 1.80. The van der Waals surface area contributed by atoms with Gasteiger partial charge in [-0.15, -0.1) is 0 Å². The summed E-state index contributed by atoms with van der Waals surface area (Å²) in [4.78, 5) is 17.2. The second-order valence-corrected chi connectivity index (χ2v) is 8.85. The fraction of sp³-hybridized carbons (Fsp3) is 0.360. The number of fused-ring (bicyclic) bond motifs is 1. The molecule has 2 aromatic carbocycles. The van der Waals surface area contributed by atoms with E-state index in [0.29, 0.717) is 30.0 Å². The van der Waals surface area contributed by atoms with Gasteiger partial charge in [0.2, 0.25) is 0 Å². The van der Waals surface area contributed by atoms with Crippen LogP contribution in [0, 0.1) is 11.7 Å². The normalized spacial score (nSPS) is 18.6. The van der Waals surface area contributed by atoms with E-state index < -0.39 is 11.6 Å². The number of aromatic nitrogens is 1. The number of nitrogens with two attached hydrogens (primary N) is 1. The zero-order valence-electron chi connectivity index (χ0n) is 18.0. The van der Waals surface area contributed by atoms with Crippen LogP contribution in [0.15, 0.2) is 36.5 Å². The molecule has 0 unspecified atom stereocenters. The van der Waals surface area contributed by atoms with E-state index in [1.807, 2.05) is 25.1 Å². The molecule has 1 aliphatic carbocycles. The zero-order chi connectivity index (χ0) is 22.8. The number of phenolic OH excluding ortho intramolecular Hbond substituents is 1. The summed E-state index contributed by atoms with van der Waals surface area (Å²) in [5, 5.41) is 14.0. The quantitative estimate of drug-likeness (QED) is 0.401. The number of halogens is 2. The molecule has 4 rings (SSSR count). The van der Waals surface area contributed by atoms with Crippen molar-refractivity contribution >= 4 is 34.0 Å². The van der Waals surface area contributed by atoms with Gasteiger partial charge in [-0.2, -0.15) is 0 Å². The van der Waals surface area contributed by atoms with Gasteiger partial charge in [0, 0.05) is 24.0 Å². The number of Topliss-reactive ketones (excluding diaryl/α,β-unsaturated/α-hetero) is 1. The number of anilines is 1. The number of nitrogens with one attached hydrogen (secondary N) is 1. The van der Waals surface area contributed by atoms with Crippen LogP contribution in [-0.4, -0.2) is 28.5 Å². The van der Waals surface area contributed by atoms with Crippen LogP contribution < -0.4 is 11.1 Å². The van der Waals surface area contributed by atoms with Crippen LogP contribution in [0.2, 0.25) is 5.02 Å². The summed E-state index contributed by atoms with van der Waals surface area (Å²) in [5.74, 6) is -0.777. The van der Waals surface area contributed by atoms with Crippen LogP contribution in [-0.2, 0) is 0 Å². The number of pyridine rings is 1. The molecule has 32 heavy (non-hydrogen) atoms. The van der Waals surface area contributed by atoms with Crippen molar-refractivity contribution in [3.8, 4) is 16.9 Å². The Morgan fingerprint density at radius 1 is 1.22 bits per heavy atom. The third-order valence-electron chi connectivity index (χ3n) is 6.37. The maximum absolute atomic E-state index is 14.1. The maximum atomic E-state index is 14.1. The number of carbonyl (C=O) groups excluding carboxylic acids is 1. The monoisotopic (exact) mass is 455 g/mol. The highest BCUT2D eigenvalue weighted by molar-refractivity contribution is 6.32. The highest BCUT2D eigenvalue weighted by atomic mass is 35.5. The van der Waals surface area contributed by atoms with Crippen LogP contribution in [0.25, 0.3) is 22.0 Å². The van der Waals surface area contributed by atoms with Gasteiger partial charge in [-0.05, 0) is 73.5 Å². The molecule has 3 aromatic rings. The Hall–Kier alpha value is -2.70. The van der Waals surface area contributed by atoms with Crippen LogP contribution >= 0.6 is 11.6 Å². The standard InChI is InChI=1S/C25H27ClFN3O2/c1-2-23(31)19-13-29-22-8-5-15(16-10-20(26)25(32)21(27)11-16)9-18(22)24(19)30-17-6-3-14(12-28)4-7-17/h5,8-11,13-14,17,32H,2-4,6-7,12,28H2,1H3,(H,29,30). The van der Waals surface area contributed by atoms with E-state index in [9.17, 15) is 14.3 Å². The van der Waals surface area contributed by atoms with E-state index in [2.05, 4.69) is 10.3 Å².